The summed E-state index contributed by atoms with van der Waals surface area (Å²) in [7, 11) is 1.59. The predicted molar refractivity (Wildman–Crippen MR) is 107 cm³/mol. The Bertz CT molecular complexity index is 989. The number of rotatable bonds is 5. The van der Waals surface area contributed by atoms with Crippen molar-refractivity contribution in [2.75, 3.05) is 12.4 Å². The van der Waals surface area contributed by atoms with Crippen molar-refractivity contribution in [1.29, 1.82) is 5.26 Å². The molecule has 27 heavy (non-hydrogen) atoms. The molecular formula is C22H21N3O2. The van der Waals surface area contributed by atoms with Crippen molar-refractivity contribution in [3.8, 4) is 40.0 Å². The van der Waals surface area contributed by atoms with Crippen molar-refractivity contribution < 1.29 is 9.84 Å². The van der Waals surface area contributed by atoms with E-state index in [-0.39, 0.29) is 11.8 Å². The van der Waals surface area contributed by atoms with Crippen LogP contribution in [0, 0.1) is 11.3 Å². The summed E-state index contributed by atoms with van der Waals surface area (Å²) in [4.78, 5) is 4.66. The normalized spacial score (nSPS) is 10.5. The van der Waals surface area contributed by atoms with Crippen LogP contribution in [0.25, 0.3) is 22.4 Å². The van der Waals surface area contributed by atoms with E-state index < -0.39 is 0 Å². The summed E-state index contributed by atoms with van der Waals surface area (Å²) in [6.07, 6.45) is 0. The van der Waals surface area contributed by atoms with Crippen molar-refractivity contribution in [1.82, 2.24) is 4.98 Å². The molecule has 5 heteroatoms. The van der Waals surface area contributed by atoms with E-state index >= 15 is 0 Å². The molecule has 0 saturated heterocycles. The van der Waals surface area contributed by atoms with Gasteiger partial charge in [-0.3, -0.25) is 0 Å². The molecule has 0 aliphatic carbocycles. The number of phenols is 1. The first-order chi connectivity index (χ1) is 13.0. The van der Waals surface area contributed by atoms with E-state index in [2.05, 4.69) is 16.4 Å². The van der Waals surface area contributed by atoms with E-state index in [0.29, 0.717) is 28.4 Å². The van der Waals surface area contributed by atoms with E-state index in [1.165, 1.54) is 0 Å². The number of nitriles is 1. The SMILES string of the molecule is COc1ccc(O)c(-c2cc(-c3ccc(C#N)cc3)cc(NC(C)C)n2)c1. The highest BCUT2D eigenvalue weighted by Crippen LogP contribution is 2.35. The van der Waals surface area contributed by atoms with E-state index in [1.807, 2.05) is 38.1 Å². The van der Waals surface area contributed by atoms with Crippen molar-refractivity contribution in [2.24, 2.45) is 0 Å². The van der Waals surface area contributed by atoms with Gasteiger partial charge in [-0.25, -0.2) is 4.98 Å². The number of pyridine rings is 1. The average molecular weight is 359 g/mol. The molecule has 0 amide bonds. The zero-order valence-corrected chi connectivity index (χ0v) is 15.5. The van der Waals surface area contributed by atoms with Crippen molar-refractivity contribution in [3.63, 3.8) is 0 Å². The van der Waals surface area contributed by atoms with Gasteiger partial charge in [-0.05, 0) is 67.4 Å². The lowest BCUT2D eigenvalue weighted by atomic mass is 10.0. The van der Waals surface area contributed by atoms with E-state index in [0.717, 1.165) is 11.1 Å². The van der Waals surface area contributed by atoms with E-state index in [9.17, 15) is 5.11 Å². The fourth-order valence-corrected chi connectivity index (χ4v) is 2.79. The van der Waals surface area contributed by atoms with Gasteiger partial charge in [0.2, 0.25) is 0 Å². The molecule has 0 saturated carbocycles. The number of phenolic OH excluding ortho intramolecular Hbond substituents is 1. The van der Waals surface area contributed by atoms with Gasteiger partial charge < -0.3 is 15.2 Å². The van der Waals surface area contributed by atoms with Crippen molar-refractivity contribution in [3.05, 3.63) is 60.2 Å². The summed E-state index contributed by atoms with van der Waals surface area (Å²) >= 11 is 0. The van der Waals surface area contributed by atoms with Gasteiger partial charge >= 0.3 is 0 Å². The largest absolute Gasteiger partial charge is 0.507 e. The lowest BCUT2D eigenvalue weighted by Gasteiger charge is -2.14. The van der Waals surface area contributed by atoms with Crippen LogP contribution in [0.2, 0.25) is 0 Å². The average Bonchev–Trinajstić information content (AvgIpc) is 2.67. The molecule has 0 bridgehead atoms. The second-order valence-electron chi connectivity index (χ2n) is 6.50. The monoisotopic (exact) mass is 359 g/mol. The first kappa shape index (κ1) is 18.3. The fourth-order valence-electron chi connectivity index (χ4n) is 2.79. The Morgan fingerprint density at radius 1 is 1.04 bits per heavy atom. The minimum atomic E-state index is 0.135. The number of anilines is 1. The number of aromatic hydroxyl groups is 1. The molecule has 2 aromatic carbocycles. The zero-order chi connectivity index (χ0) is 19.4. The molecule has 0 spiro atoms. The molecule has 3 aromatic rings. The van der Waals surface area contributed by atoms with Gasteiger partial charge in [0.05, 0.1) is 24.4 Å². The number of hydrogen-bond acceptors (Lipinski definition) is 5. The Hall–Kier alpha value is -3.52. The molecule has 1 heterocycles. The van der Waals surface area contributed by atoms with Crippen LogP contribution in [0.5, 0.6) is 11.5 Å². The first-order valence-electron chi connectivity index (χ1n) is 8.66. The van der Waals surface area contributed by atoms with Crippen molar-refractivity contribution >= 4 is 5.82 Å². The Labute approximate surface area is 158 Å². The van der Waals surface area contributed by atoms with Crippen molar-refractivity contribution in [2.45, 2.75) is 19.9 Å². The Kier molecular flexibility index (Phi) is 5.28. The topological polar surface area (TPSA) is 78.2 Å². The maximum Gasteiger partial charge on any atom is 0.127 e. The van der Waals surface area contributed by atoms with Crippen LogP contribution in [0.15, 0.2) is 54.6 Å². The molecule has 0 aliphatic heterocycles. The molecule has 3 rings (SSSR count). The highest BCUT2D eigenvalue weighted by atomic mass is 16.5. The zero-order valence-electron chi connectivity index (χ0n) is 15.5. The summed E-state index contributed by atoms with van der Waals surface area (Å²) in [5.41, 5.74) is 3.74. The second kappa shape index (κ2) is 7.79. The first-order valence-corrected chi connectivity index (χ1v) is 8.66. The van der Waals surface area contributed by atoms with Crippen LogP contribution in [-0.4, -0.2) is 23.2 Å². The Morgan fingerprint density at radius 3 is 2.41 bits per heavy atom. The standard InChI is InChI=1S/C22H21N3O2/c1-14(2)24-22-11-17(16-6-4-15(13-23)5-7-16)10-20(25-22)19-12-18(27-3)8-9-21(19)26/h4-12,14,26H,1-3H3,(H,24,25). The molecule has 0 aliphatic rings. The maximum absolute atomic E-state index is 10.3. The van der Waals surface area contributed by atoms with Crippen LogP contribution in [0.3, 0.4) is 0 Å². The van der Waals surface area contributed by atoms with Crippen LogP contribution in [0.4, 0.5) is 5.82 Å². The van der Waals surface area contributed by atoms with Gasteiger partial charge in [0.15, 0.2) is 0 Å². The fraction of sp³-hybridized carbons (Fsp3) is 0.182. The minimum Gasteiger partial charge on any atom is -0.507 e. The molecule has 5 nitrogen and oxygen atoms in total. The lowest BCUT2D eigenvalue weighted by molar-refractivity contribution is 0.412. The summed E-state index contributed by atoms with van der Waals surface area (Å²) in [5, 5.41) is 22.7. The van der Waals surface area contributed by atoms with Crippen LogP contribution < -0.4 is 10.1 Å². The second-order valence-corrected chi connectivity index (χ2v) is 6.50. The summed E-state index contributed by atoms with van der Waals surface area (Å²) in [5.74, 6) is 1.49. The number of ether oxygens (including phenoxy) is 1. The molecular weight excluding hydrogens is 338 g/mol. The third kappa shape index (κ3) is 4.18. The molecule has 0 atom stereocenters. The molecule has 136 valence electrons. The third-order valence-electron chi connectivity index (χ3n) is 4.09. The smallest absolute Gasteiger partial charge is 0.127 e. The quantitative estimate of drug-likeness (QED) is 0.683. The van der Waals surface area contributed by atoms with Gasteiger partial charge in [-0.15, -0.1) is 0 Å². The predicted octanol–water partition coefficient (Wildman–Crippen LogP) is 4.82. The number of aromatic nitrogens is 1. The van der Waals surface area contributed by atoms with Gasteiger partial charge in [-0.2, -0.15) is 5.26 Å². The number of nitrogens with zero attached hydrogens (tertiary/aromatic N) is 2. The number of methoxy groups -OCH3 is 1. The molecule has 1 aromatic heterocycles. The number of nitrogens with one attached hydrogen (secondary N) is 1. The summed E-state index contributed by atoms with van der Waals surface area (Å²) < 4.78 is 5.28. The van der Waals surface area contributed by atoms with E-state index in [4.69, 9.17) is 10.00 Å². The maximum atomic E-state index is 10.3. The molecule has 2 N–H and O–H groups in total. The number of hydrogen-bond donors (Lipinski definition) is 2. The molecule has 0 unspecified atom stereocenters. The van der Waals surface area contributed by atoms with Crippen LogP contribution in [-0.2, 0) is 0 Å². The summed E-state index contributed by atoms with van der Waals surface area (Å²) in [6.45, 7) is 4.08. The summed E-state index contributed by atoms with van der Waals surface area (Å²) in [6, 6.07) is 18.7. The van der Waals surface area contributed by atoms with Crippen LogP contribution in [0.1, 0.15) is 19.4 Å². The van der Waals surface area contributed by atoms with Gasteiger partial charge in [0.25, 0.3) is 0 Å². The highest BCUT2D eigenvalue weighted by molar-refractivity contribution is 5.77. The molecule has 0 fully saturated rings. The molecule has 0 radical (unpaired) electrons. The van der Waals surface area contributed by atoms with Crippen LogP contribution >= 0.6 is 0 Å². The highest BCUT2D eigenvalue weighted by Gasteiger charge is 2.12. The minimum absolute atomic E-state index is 0.135. The Morgan fingerprint density at radius 2 is 1.78 bits per heavy atom. The lowest BCUT2D eigenvalue weighted by Crippen LogP contribution is -2.11. The third-order valence-corrected chi connectivity index (χ3v) is 4.09. The van der Waals surface area contributed by atoms with Gasteiger partial charge in [0, 0.05) is 11.6 Å². The number of benzene rings is 2. The van der Waals surface area contributed by atoms with Gasteiger partial charge in [0.1, 0.15) is 17.3 Å². The van der Waals surface area contributed by atoms with Gasteiger partial charge in [-0.1, -0.05) is 12.1 Å². The van der Waals surface area contributed by atoms with E-state index in [1.54, 1.807) is 37.4 Å². The Balaban J connectivity index is 2.15.